The van der Waals surface area contributed by atoms with Gasteiger partial charge in [-0.2, -0.15) is 0 Å². The molecule has 2 aromatic rings. The van der Waals surface area contributed by atoms with E-state index in [9.17, 15) is 9.59 Å². The van der Waals surface area contributed by atoms with Crippen LogP contribution in [0.25, 0.3) is 6.08 Å². The third-order valence-electron chi connectivity index (χ3n) is 3.41. The van der Waals surface area contributed by atoms with Gasteiger partial charge >= 0.3 is 0 Å². The van der Waals surface area contributed by atoms with Crippen molar-refractivity contribution < 1.29 is 9.59 Å². The predicted octanol–water partition coefficient (Wildman–Crippen LogP) is 3.13. The van der Waals surface area contributed by atoms with Crippen molar-refractivity contribution in [2.24, 2.45) is 0 Å². The number of benzene rings is 2. The molecule has 0 N–H and O–H groups in total. The summed E-state index contributed by atoms with van der Waals surface area (Å²) in [5.41, 5.74) is 2.71. The first kappa shape index (κ1) is 12.4. The average molecular weight is 263 g/mol. The number of nitrogens with zero attached hydrogens (tertiary/aromatic N) is 1. The molecule has 1 aliphatic rings. The van der Waals surface area contributed by atoms with Gasteiger partial charge in [-0.3, -0.25) is 14.5 Å². The normalized spacial score (nSPS) is 13.5. The number of amides is 2. The minimum absolute atomic E-state index is 0.232. The second kappa shape index (κ2) is 4.78. The Balaban J connectivity index is 1.95. The van der Waals surface area contributed by atoms with Gasteiger partial charge in [0.05, 0.1) is 17.7 Å². The van der Waals surface area contributed by atoms with Gasteiger partial charge in [0.2, 0.25) is 0 Å². The van der Waals surface area contributed by atoms with Crippen LogP contribution in [-0.2, 0) is 6.54 Å². The molecule has 2 aromatic carbocycles. The third-order valence-corrected chi connectivity index (χ3v) is 3.41. The molecule has 0 bridgehead atoms. The fourth-order valence-electron chi connectivity index (χ4n) is 2.34. The van der Waals surface area contributed by atoms with Crippen molar-refractivity contribution >= 4 is 17.9 Å². The van der Waals surface area contributed by atoms with Crippen molar-refractivity contribution in [2.75, 3.05) is 0 Å². The van der Waals surface area contributed by atoms with Crippen LogP contribution in [0.2, 0.25) is 0 Å². The number of fused-ring (bicyclic) bond motifs is 1. The summed E-state index contributed by atoms with van der Waals surface area (Å²) in [7, 11) is 0. The quantitative estimate of drug-likeness (QED) is 0.798. The van der Waals surface area contributed by atoms with Crippen LogP contribution < -0.4 is 0 Å². The fraction of sp³-hybridized carbons (Fsp3) is 0.0588. The van der Waals surface area contributed by atoms with Crippen LogP contribution in [0.4, 0.5) is 0 Å². The molecular weight excluding hydrogens is 250 g/mol. The third kappa shape index (κ3) is 1.93. The van der Waals surface area contributed by atoms with E-state index in [4.69, 9.17) is 0 Å². The minimum Gasteiger partial charge on any atom is -0.270 e. The average Bonchev–Trinajstić information content (AvgIpc) is 2.73. The van der Waals surface area contributed by atoms with Crippen LogP contribution in [0.1, 0.15) is 31.8 Å². The lowest BCUT2D eigenvalue weighted by Gasteiger charge is -2.13. The molecule has 2 amide bonds. The molecule has 0 unspecified atom stereocenters. The Labute approximate surface area is 117 Å². The van der Waals surface area contributed by atoms with E-state index in [1.165, 1.54) is 4.90 Å². The van der Waals surface area contributed by atoms with Crippen molar-refractivity contribution in [3.63, 3.8) is 0 Å². The molecule has 0 atom stereocenters. The Morgan fingerprint density at radius 3 is 2.35 bits per heavy atom. The molecule has 1 aliphatic heterocycles. The molecule has 3 rings (SSSR count). The first-order chi connectivity index (χ1) is 9.70. The zero-order valence-electron chi connectivity index (χ0n) is 10.9. The van der Waals surface area contributed by atoms with Crippen molar-refractivity contribution in [1.82, 2.24) is 4.90 Å². The van der Waals surface area contributed by atoms with Crippen LogP contribution in [0.5, 0.6) is 0 Å². The van der Waals surface area contributed by atoms with E-state index in [0.717, 1.165) is 11.1 Å². The van der Waals surface area contributed by atoms with Crippen molar-refractivity contribution in [3.8, 4) is 0 Å². The molecule has 98 valence electrons. The summed E-state index contributed by atoms with van der Waals surface area (Å²) in [5, 5.41) is 0. The summed E-state index contributed by atoms with van der Waals surface area (Å²) in [4.78, 5) is 25.9. The van der Waals surface area contributed by atoms with E-state index in [-0.39, 0.29) is 11.8 Å². The molecule has 20 heavy (non-hydrogen) atoms. The standard InChI is InChI=1S/C17H13NO2/c1-2-12-8-9-14-15(10-12)17(20)18(16(14)19)11-13-6-4-3-5-7-13/h2-10H,1,11H2. The van der Waals surface area contributed by atoms with Crippen molar-refractivity contribution in [2.45, 2.75) is 6.54 Å². The Morgan fingerprint density at radius 1 is 0.950 bits per heavy atom. The maximum Gasteiger partial charge on any atom is 0.261 e. The zero-order chi connectivity index (χ0) is 14.1. The molecule has 0 spiro atoms. The van der Waals surface area contributed by atoms with Gasteiger partial charge in [0, 0.05) is 0 Å². The number of imide groups is 1. The molecule has 0 radical (unpaired) electrons. The van der Waals surface area contributed by atoms with Gasteiger partial charge in [0.25, 0.3) is 11.8 Å². The van der Waals surface area contributed by atoms with Gasteiger partial charge in [-0.05, 0) is 23.3 Å². The van der Waals surface area contributed by atoms with Crippen LogP contribution in [0.15, 0.2) is 55.1 Å². The van der Waals surface area contributed by atoms with E-state index >= 15 is 0 Å². The first-order valence-electron chi connectivity index (χ1n) is 6.37. The summed E-state index contributed by atoms with van der Waals surface area (Å²) in [6, 6.07) is 14.7. The number of carbonyl (C=O) groups excluding carboxylic acids is 2. The smallest absolute Gasteiger partial charge is 0.261 e. The van der Waals surface area contributed by atoms with E-state index < -0.39 is 0 Å². The van der Waals surface area contributed by atoms with Gasteiger partial charge < -0.3 is 0 Å². The second-order valence-electron chi connectivity index (χ2n) is 4.69. The van der Waals surface area contributed by atoms with Crippen LogP contribution >= 0.6 is 0 Å². The highest BCUT2D eigenvalue weighted by Crippen LogP contribution is 2.25. The van der Waals surface area contributed by atoms with Crippen LogP contribution in [-0.4, -0.2) is 16.7 Å². The molecule has 0 fully saturated rings. The topological polar surface area (TPSA) is 37.4 Å². The number of hydrogen-bond acceptors (Lipinski definition) is 2. The van der Waals surface area contributed by atoms with E-state index in [1.54, 1.807) is 24.3 Å². The zero-order valence-corrected chi connectivity index (χ0v) is 10.9. The maximum absolute atomic E-state index is 12.4. The summed E-state index contributed by atoms with van der Waals surface area (Å²) in [6.45, 7) is 3.98. The van der Waals surface area contributed by atoms with E-state index in [2.05, 4.69) is 6.58 Å². The molecular formula is C17H13NO2. The summed E-state index contributed by atoms with van der Waals surface area (Å²) >= 11 is 0. The Hall–Kier alpha value is -2.68. The summed E-state index contributed by atoms with van der Waals surface area (Å²) < 4.78 is 0. The largest absolute Gasteiger partial charge is 0.270 e. The highest BCUT2D eigenvalue weighted by Gasteiger charge is 2.35. The lowest BCUT2D eigenvalue weighted by molar-refractivity contribution is 0.0642. The molecule has 0 saturated heterocycles. The molecule has 3 nitrogen and oxygen atoms in total. The number of rotatable bonds is 3. The summed E-state index contributed by atoms with van der Waals surface area (Å²) in [5.74, 6) is -0.470. The van der Waals surface area contributed by atoms with Crippen LogP contribution in [0, 0.1) is 0 Å². The molecule has 0 saturated carbocycles. The van der Waals surface area contributed by atoms with Gasteiger partial charge in [-0.25, -0.2) is 0 Å². The molecule has 0 aromatic heterocycles. The molecule has 3 heteroatoms. The molecule has 1 heterocycles. The Bertz CT molecular complexity index is 704. The number of hydrogen-bond donors (Lipinski definition) is 0. The maximum atomic E-state index is 12.4. The number of carbonyl (C=O) groups is 2. The Morgan fingerprint density at radius 2 is 1.65 bits per heavy atom. The lowest BCUT2D eigenvalue weighted by Crippen LogP contribution is -2.29. The van der Waals surface area contributed by atoms with Gasteiger partial charge in [0.1, 0.15) is 0 Å². The lowest BCUT2D eigenvalue weighted by atomic mass is 10.1. The van der Waals surface area contributed by atoms with Crippen LogP contribution in [0.3, 0.4) is 0 Å². The second-order valence-corrected chi connectivity index (χ2v) is 4.69. The summed E-state index contributed by atoms with van der Waals surface area (Å²) in [6.07, 6.45) is 1.66. The minimum atomic E-state index is -0.238. The SMILES string of the molecule is C=Cc1ccc2c(c1)C(=O)N(Cc1ccccc1)C2=O. The van der Waals surface area contributed by atoms with Gasteiger partial charge in [0.15, 0.2) is 0 Å². The highest BCUT2D eigenvalue weighted by atomic mass is 16.2. The van der Waals surface area contributed by atoms with Crippen molar-refractivity contribution in [1.29, 1.82) is 0 Å². The monoisotopic (exact) mass is 263 g/mol. The van der Waals surface area contributed by atoms with E-state index in [1.807, 2.05) is 30.3 Å². The van der Waals surface area contributed by atoms with Crippen molar-refractivity contribution in [3.05, 3.63) is 77.4 Å². The first-order valence-corrected chi connectivity index (χ1v) is 6.37. The molecule has 0 aliphatic carbocycles. The van der Waals surface area contributed by atoms with Gasteiger partial charge in [-0.15, -0.1) is 0 Å². The van der Waals surface area contributed by atoms with Gasteiger partial charge in [-0.1, -0.05) is 49.1 Å². The highest BCUT2D eigenvalue weighted by molar-refractivity contribution is 6.21. The fourth-order valence-corrected chi connectivity index (χ4v) is 2.34. The Kier molecular flexibility index (Phi) is 2.95. The predicted molar refractivity (Wildman–Crippen MR) is 77.2 cm³/mol. The van der Waals surface area contributed by atoms with E-state index in [0.29, 0.717) is 17.7 Å².